The van der Waals surface area contributed by atoms with Crippen LogP contribution in [0.3, 0.4) is 0 Å². The molecule has 1 saturated heterocycles. The second-order valence-corrected chi connectivity index (χ2v) is 8.15. The summed E-state index contributed by atoms with van der Waals surface area (Å²) in [5, 5.41) is 3.05. The number of aryl methyl sites for hydroxylation is 1. The standard InChI is InChI=1S/C22H30FN3O2/c1-15(2)14-26-10-8-17(9-11-26)13-24-21(27)12-20-16(3)28-22(25-20)18-4-6-19(23)7-5-18/h4-7,15,17H,8-14H2,1-3H3,(H,24,27). The van der Waals surface area contributed by atoms with Crippen molar-refractivity contribution in [2.45, 2.75) is 40.0 Å². The van der Waals surface area contributed by atoms with Crippen LogP contribution in [0.5, 0.6) is 0 Å². The number of nitrogens with zero attached hydrogens (tertiary/aromatic N) is 2. The number of piperidine rings is 1. The molecule has 1 aromatic carbocycles. The summed E-state index contributed by atoms with van der Waals surface area (Å²) in [6, 6.07) is 5.98. The molecule has 0 aliphatic carbocycles. The molecule has 28 heavy (non-hydrogen) atoms. The number of oxazole rings is 1. The normalized spacial score (nSPS) is 15.9. The molecule has 1 aromatic heterocycles. The summed E-state index contributed by atoms with van der Waals surface area (Å²) in [5.74, 6) is 1.94. The van der Waals surface area contributed by atoms with E-state index in [2.05, 4.69) is 29.0 Å². The fraction of sp³-hybridized carbons (Fsp3) is 0.545. The van der Waals surface area contributed by atoms with Gasteiger partial charge in [0.2, 0.25) is 11.8 Å². The first-order valence-electron chi connectivity index (χ1n) is 10.1. The van der Waals surface area contributed by atoms with Gasteiger partial charge >= 0.3 is 0 Å². The number of nitrogens with one attached hydrogen (secondary N) is 1. The van der Waals surface area contributed by atoms with Crippen molar-refractivity contribution >= 4 is 5.91 Å². The number of rotatable bonds is 7. The molecule has 0 unspecified atom stereocenters. The first-order valence-corrected chi connectivity index (χ1v) is 10.1. The number of halogens is 1. The zero-order chi connectivity index (χ0) is 20.1. The SMILES string of the molecule is Cc1oc(-c2ccc(F)cc2)nc1CC(=O)NCC1CCN(CC(C)C)CC1. The van der Waals surface area contributed by atoms with Crippen LogP contribution in [0.1, 0.15) is 38.1 Å². The van der Waals surface area contributed by atoms with Gasteiger partial charge in [-0.2, -0.15) is 0 Å². The van der Waals surface area contributed by atoms with Crippen LogP contribution in [-0.4, -0.2) is 42.0 Å². The average Bonchev–Trinajstić information content (AvgIpc) is 3.02. The second kappa shape index (κ2) is 9.32. The molecule has 3 rings (SSSR count). The van der Waals surface area contributed by atoms with E-state index >= 15 is 0 Å². The molecule has 5 nitrogen and oxygen atoms in total. The van der Waals surface area contributed by atoms with Crippen molar-refractivity contribution in [2.75, 3.05) is 26.2 Å². The summed E-state index contributed by atoms with van der Waals surface area (Å²) in [7, 11) is 0. The number of amides is 1. The molecule has 0 bridgehead atoms. The van der Waals surface area contributed by atoms with E-state index in [1.54, 1.807) is 19.1 Å². The summed E-state index contributed by atoms with van der Waals surface area (Å²) < 4.78 is 18.7. The van der Waals surface area contributed by atoms with E-state index < -0.39 is 0 Å². The molecule has 2 heterocycles. The van der Waals surface area contributed by atoms with E-state index in [4.69, 9.17) is 4.42 Å². The van der Waals surface area contributed by atoms with Crippen LogP contribution in [-0.2, 0) is 11.2 Å². The highest BCUT2D eigenvalue weighted by Gasteiger charge is 2.21. The largest absolute Gasteiger partial charge is 0.441 e. The Labute approximate surface area is 166 Å². The minimum Gasteiger partial charge on any atom is -0.441 e. The molecule has 0 saturated carbocycles. The quantitative estimate of drug-likeness (QED) is 0.785. The van der Waals surface area contributed by atoms with Gasteiger partial charge in [-0.05, 0) is 69.0 Å². The number of likely N-dealkylation sites (tertiary alicyclic amines) is 1. The fourth-order valence-electron chi connectivity index (χ4n) is 3.67. The second-order valence-electron chi connectivity index (χ2n) is 8.15. The van der Waals surface area contributed by atoms with Gasteiger partial charge in [-0.3, -0.25) is 4.79 Å². The highest BCUT2D eigenvalue weighted by atomic mass is 19.1. The molecule has 0 atom stereocenters. The van der Waals surface area contributed by atoms with Crippen molar-refractivity contribution in [1.82, 2.24) is 15.2 Å². The molecule has 2 aromatic rings. The fourth-order valence-corrected chi connectivity index (χ4v) is 3.67. The van der Waals surface area contributed by atoms with Gasteiger partial charge in [-0.15, -0.1) is 0 Å². The van der Waals surface area contributed by atoms with Crippen LogP contribution in [0.15, 0.2) is 28.7 Å². The minimum atomic E-state index is -0.304. The van der Waals surface area contributed by atoms with E-state index in [0.717, 1.165) is 39.0 Å². The van der Waals surface area contributed by atoms with Crippen molar-refractivity contribution in [3.63, 3.8) is 0 Å². The molecule has 1 fully saturated rings. The van der Waals surface area contributed by atoms with Gasteiger partial charge in [0.1, 0.15) is 11.6 Å². The van der Waals surface area contributed by atoms with Crippen LogP contribution in [0.4, 0.5) is 4.39 Å². The Morgan fingerprint density at radius 1 is 1.29 bits per heavy atom. The van der Waals surface area contributed by atoms with Gasteiger partial charge in [-0.1, -0.05) is 13.8 Å². The molecule has 1 amide bonds. The molecule has 0 spiro atoms. The molecule has 1 aliphatic rings. The zero-order valence-electron chi connectivity index (χ0n) is 17.0. The number of benzene rings is 1. The monoisotopic (exact) mass is 387 g/mol. The number of aromatic nitrogens is 1. The first-order chi connectivity index (χ1) is 13.4. The van der Waals surface area contributed by atoms with Crippen LogP contribution < -0.4 is 5.32 Å². The number of hydrogen-bond donors (Lipinski definition) is 1. The Morgan fingerprint density at radius 3 is 2.61 bits per heavy atom. The summed E-state index contributed by atoms with van der Waals surface area (Å²) in [5.41, 5.74) is 1.33. The van der Waals surface area contributed by atoms with Crippen LogP contribution in [0.25, 0.3) is 11.5 Å². The van der Waals surface area contributed by atoms with Gasteiger partial charge in [0.05, 0.1) is 12.1 Å². The summed E-state index contributed by atoms with van der Waals surface area (Å²) in [6.45, 7) is 10.4. The minimum absolute atomic E-state index is 0.0355. The lowest BCUT2D eigenvalue weighted by molar-refractivity contribution is -0.120. The third kappa shape index (κ3) is 5.64. The smallest absolute Gasteiger partial charge is 0.226 e. The highest BCUT2D eigenvalue weighted by Crippen LogP contribution is 2.22. The van der Waals surface area contributed by atoms with Gasteiger partial charge in [0.15, 0.2) is 0 Å². The summed E-state index contributed by atoms with van der Waals surface area (Å²) in [6.07, 6.45) is 2.46. The van der Waals surface area contributed by atoms with E-state index in [-0.39, 0.29) is 18.1 Å². The lowest BCUT2D eigenvalue weighted by atomic mass is 9.96. The van der Waals surface area contributed by atoms with Crippen LogP contribution in [0.2, 0.25) is 0 Å². The van der Waals surface area contributed by atoms with E-state index in [0.29, 0.717) is 34.7 Å². The van der Waals surface area contributed by atoms with Gasteiger partial charge in [0.25, 0.3) is 0 Å². The predicted molar refractivity (Wildman–Crippen MR) is 107 cm³/mol. The lowest BCUT2D eigenvalue weighted by Crippen LogP contribution is -2.40. The Balaban J connectivity index is 1.47. The maximum absolute atomic E-state index is 13.1. The molecule has 1 aliphatic heterocycles. The first kappa shape index (κ1) is 20.5. The van der Waals surface area contributed by atoms with Crippen molar-refractivity contribution in [1.29, 1.82) is 0 Å². The Hall–Kier alpha value is -2.21. The third-order valence-corrected chi connectivity index (χ3v) is 5.23. The van der Waals surface area contributed by atoms with Crippen LogP contribution >= 0.6 is 0 Å². The van der Waals surface area contributed by atoms with Gasteiger partial charge < -0.3 is 14.6 Å². The molecular formula is C22H30FN3O2. The summed E-state index contributed by atoms with van der Waals surface area (Å²) >= 11 is 0. The van der Waals surface area contributed by atoms with Crippen LogP contribution in [0, 0.1) is 24.6 Å². The van der Waals surface area contributed by atoms with E-state index in [1.165, 1.54) is 12.1 Å². The van der Waals surface area contributed by atoms with E-state index in [9.17, 15) is 9.18 Å². The van der Waals surface area contributed by atoms with Gasteiger partial charge in [0, 0.05) is 18.7 Å². The number of carbonyl (C=O) groups excluding carboxylic acids is 1. The molecule has 0 radical (unpaired) electrons. The average molecular weight is 387 g/mol. The Kier molecular flexibility index (Phi) is 6.83. The Bertz CT molecular complexity index is 778. The Morgan fingerprint density at radius 2 is 1.96 bits per heavy atom. The maximum Gasteiger partial charge on any atom is 0.226 e. The van der Waals surface area contributed by atoms with Crippen molar-refractivity contribution in [3.8, 4) is 11.5 Å². The third-order valence-electron chi connectivity index (χ3n) is 5.23. The summed E-state index contributed by atoms with van der Waals surface area (Å²) in [4.78, 5) is 19.3. The highest BCUT2D eigenvalue weighted by molar-refractivity contribution is 5.78. The number of carbonyl (C=O) groups is 1. The van der Waals surface area contributed by atoms with Crippen molar-refractivity contribution < 1.29 is 13.6 Å². The molecular weight excluding hydrogens is 357 g/mol. The predicted octanol–water partition coefficient (Wildman–Crippen LogP) is 3.82. The zero-order valence-corrected chi connectivity index (χ0v) is 17.0. The molecule has 6 heteroatoms. The number of hydrogen-bond acceptors (Lipinski definition) is 4. The molecule has 152 valence electrons. The molecule has 1 N–H and O–H groups in total. The van der Waals surface area contributed by atoms with Crippen molar-refractivity contribution in [2.24, 2.45) is 11.8 Å². The lowest BCUT2D eigenvalue weighted by Gasteiger charge is -2.33. The maximum atomic E-state index is 13.1. The van der Waals surface area contributed by atoms with Crippen molar-refractivity contribution in [3.05, 3.63) is 41.5 Å². The van der Waals surface area contributed by atoms with Gasteiger partial charge in [-0.25, -0.2) is 9.37 Å². The topological polar surface area (TPSA) is 58.4 Å². The van der Waals surface area contributed by atoms with E-state index in [1.807, 2.05) is 0 Å².